The van der Waals surface area contributed by atoms with Crippen LogP contribution in [0.4, 0.5) is 0 Å². The smallest absolute Gasteiger partial charge is 0.254 e. The summed E-state index contributed by atoms with van der Waals surface area (Å²) in [6, 6.07) is 20.9. The van der Waals surface area contributed by atoms with E-state index in [1.165, 1.54) is 0 Å². The van der Waals surface area contributed by atoms with Crippen LogP contribution >= 0.6 is 11.6 Å². The van der Waals surface area contributed by atoms with Gasteiger partial charge in [0.2, 0.25) is 11.7 Å². The van der Waals surface area contributed by atoms with E-state index in [-0.39, 0.29) is 11.9 Å². The first-order valence-electron chi connectivity index (χ1n) is 9.58. The Hall–Kier alpha value is -3.18. The fourth-order valence-electron chi connectivity index (χ4n) is 3.84. The molecule has 3 aromatic carbocycles. The van der Waals surface area contributed by atoms with Crippen molar-refractivity contribution in [2.24, 2.45) is 0 Å². The molecule has 2 heterocycles. The fourth-order valence-corrected chi connectivity index (χ4v) is 3.97. The minimum atomic E-state index is -0.206. The Morgan fingerprint density at radius 1 is 1.03 bits per heavy atom. The standard InChI is InChI=1S/C23H18ClN3O2/c24-19-11-9-16(10-12-19)21-25-22(29-26-21)20-6-3-13-27(20)23(28)18-8-7-15-4-1-2-5-17(15)14-18/h1-2,4-5,7-12,14,20H,3,6,13H2. The summed E-state index contributed by atoms with van der Waals surface area (Å²) < 4.78 is 5.53. The minimum absolute atomic E-state index is 0.00973. The van der Waals surface area contributed by atoms with Crippen LogP contribution in [0.3, 0.4) is 0 Å². The monoisotopic (exact) mass is 403 g/mol. The number of nitrogens with zero attached hydrogens (tertiary/aromatic N) is 3. The summed E-state index contributed by atoms with van der Waals surface area (Å²) in [4.78, 5) is 19.6. The normalized spacial score (nSPS) is 16.4. The average molecular weight is 404 g/mol. The Morgan fingerprint density at radius 3 is 2.66 bits per heavy atom. The van der Waals surface area contributed by atoms with Gasteiger partial charge in [-0.1, -0.05) is 47.1 Å². The van der Waals surface area contributed by atoms with Crippen LogP contribution in [-0.4, -0.2) is 27.5 Å². The Morgan fingerprint density at radius 2 is 1.83 bits per heavy atom. The number of aromatic nitrogens is 2. The third-order valence-corrected chi connectivity index (χ3v) is 5.59. The largest absolute Gasteiger partial charge is 0.337 e. The van der Waals surface area contributed by atoms with Gasteiger partial charge in [0.15, 0.2) is 0 Å². The fraction of sp³-hybridized carbons (Fsp3) is 0.174. The van der Waals surface area contributed by atoms with E-state index >= 15 is 0 Å². The summed E-state index contributed by atoms with van der Waals surface area (Å²) in [5.41, 5.74) is 1.50. The van der Waals surface area contributed by atoms with Crippen LogP contribution in [0.25, 0.3) is 22.2 Å². The topological polar surface area (TPSA) is 59.2 Å². The molecule has 1 aromatic heterocycles. The average Bonchev–Trinajstić information content (AvgIpc) is 3.43. The second-order valence-electron chi connectivity index (χ2n) is 7.18. The molecular weight excluding hydrogens is 386 g/mol. The highest BCUT2D eigenvalue weighted by atomic mass is 35.5. The second-order valence-corrected chi connectivity index (χ2v) is 7.62. The molecule has 0 saturated carbocycles. The third-order valence-electron chi connectivity index (χ3n) is 5.34. The number of carbonyl (C=O) groups is 1. The molecule has 6 heteroatoms. The molecule has 1 aliphatic rings. The van der Waals surface area contributed by atoms with Crippen molar-refractivity contribution in [1.82, 2.24) is 15.0 Å². The van der Waals surface area contributed by atoms with Gasteiger partial charge >= 0.3 is 0 Å². The van der Waals surface area contributed by atoms with Gasteiger partial charge in [-0.25, -0.2) is 0 Å². The summed E-state index contributed by atoms with van der Waals surface area (Å²) in [5, 5.41) is 6.92. The molecule has 1 saturated heterocycles. The molecule has 0 radical (unpaired) electrons. The zero-order valence-electron chi connectivity index (χ0n) is 15.6. The molecule has 5 nitrogen and oxygen atoms in total. The van der Waals surface area contributed by atoms with Crippen LogP contribution in [0.5, 0.6) is 0 Å². The second kappa shape index (κ2) is 7.33. The molecule has 1 unspecified atom stereocenters. The Balaban J connectivity index is 1.42. The highest BCUT2D eigenvalue weighted by molar-refractivity contribution is 6.30. The summed E-state index contributed by atoms with van der Waals surface area (Å²) >= 11 is 5.95. The summed E-state index contributed by atoms with van der Waals surface area (Å²) in [6.07, 6.45) is 1.71. The molecule has 1 amide bonds. The number of likely N-dealkylation sites (tertiary alicyclic amines) is 1. The molecule has 5 rings (SSSR count). The molecule has 1 fully saturated rings. The van der Waals surface area contributed by atoms with Gasteiger partial charge in [-0.2, -0.15) is 4.98 Å². The maximum Gasteiger partial charge on any atom is 0.254 e. The Labute approximate surface area is 172 Å². The lowest BCUT2D eigenvalue weighted by molar-refractivity contribution is 0.0710. The van der Waals surface area contributed by atoms with Crippen molar-refractivity contribution in [1.29, 1.82) is 0 Å². The van der Waals surface area contributed by atoms with Gasteiger partial charge < -0.3 is 9.42 Å². The molecule has 0 N–H and O–H groups in total. The maximum atomic E-state index is 13.2. The van der Waals surface area contributed by atoms with E-state index in [2.05, 4.69) is 10.1 Å². The molecule has 0 bridgehead atoms. The molecule has 144 valence electrons. The van der Waals surface area contributed by atoms with E-state index in [0.717, 1.165) is 29.2 Å². The van der Waals surface area contributed by atoms with Gasteiger partial charge in [-0.15, -0.1) is 0 Å². The van der Waals surface area contributed by atoms with E-state index < -0.39 is 0 Å². The van der Waals surface area contributed by atoms with Crippen molar-refractivity contribution in [2.45, 2.75) is 18.9 Å². The molecular formula is C23H18ClN3O2. The van der Waals surface area contributed by atoms with Crippen molar-refractivity contribution in [3.05, 3.63) is 83.2 Å². The molecule has 4 aromatic rings. The van der Waals surface area contributed by atoms with Crippen molar-refractivity contribution < 1.29 is 9.32 Å². The van der Waals surface area contributed by atoms with Crippen LogP contribution in [-0.2, 0) is 0 Å². The van der Waals surface area contributed by atoms with Crippen molar-refractivity contribution in [3.8, 4) is 11.4 Å². The van der Waals surface area contributed by atoms with E-state index in [0.29, 0.717) is 28.8 Å². The zero-order valence-corrected chi connectivity index (χ0v) is 16.3. The van der Waals surface area contributed by atoms with Crippen LogP contribution in [0.2, 0.25) is 5.02 Å². The Kier molecular flexibility index (Phi) is 4.52. The van der Waals surface area contributed by atoms with Gasteiger partial charge in [0.1, 0.15) is 6.04 Å². The van der Waals surface area contributed by atoms with Gasteiger partial charge in [-0.3, -0.25) is 4.79 Å². The SMILES string of the molecule is O=C(c1ccc2ccccc2c1)N1CCCC1c1nc(-c2ccc(Cl)cc2)no1. The predicted molar refractivity (Wildman–Crippen MR) is 112 cm³/mol. The van der Waals surface area contributed by atoms with Crippen molar-refractivity contribution in [3.63, 3.8) is 0 Å². The molecule has 29 heavy (non-hydrogen) atoms. The number of carbonyl (C=O) groups excluding carboxylic acids is 1. The third kappa shape index (κ3) is 3.38. The van der Waals surface area contributed by atoms with Gasteiger partial charge in [0.25, 0.3) is 5.91 Å². The van der Waals surface area contributed by atoms with Crippen molar-refractivity contribution >= 4 is 28.3 Å². The number of hydrogen-bond acceptors (Lipinski definition) is 4. The summed E-state index contributed by atoms with van der Waals surface area (Å²) in [5.74, 6) is 0.966. The maximum absolute atomic E-state index is 13.2. The lowest BCUT2D eigenvalue weighted by Gasteiger charge is -2.22. The molecule has 1 aliphatic heterocycles. The van der Waals surface area contributed by atoms with E-state index in [1.54, 1.807) is 12.1 Å². The molecule has 0 spiro atoms. The van der Waals surface area contributed by atoms with Gasteiger partial charge in [0.05, 0.1) is 0 Å². The van der Waals surface area contributed by atoms with E-state index in [4.69, 9.17) is 16.1 Å². The minimum Gasteiger partial charge on any atom is -0.337 e. The van der Waals surface area contributed by atoms with Gasteiger partial charge in [0, 0.05) is 22.7 Å². The first kappa shape index (κ1) is 17.9. The quantitative estimate of drug-likeness (QED) is 0.452. The predicted octanol–water partition coefficient (Wildman–Crippen LogP) is 5.52. The first-order valence-corrected chi connectivity index (χ1v) is 9.96. The summed E-state index contributed by atoms with van der Waals surface area (Å²) in [6.45, 7) is 0.676. The van der Waals surface area contributed by atoms with E-state index in [9.17, 15) is 4.79 Å². The highest BCUT2D eigenvalue weighted by Gasteiger charge is 2.34. The first-order chi connectivity index (χ1) is 14.2. The van der Waals surface area contributed by atoms with Crippen LogP contribution < -0.4 is 0 Å². The van der Waals surface area contributed by atoms with Crippen LogP contribution in [0.15, 0.2) is 71.3 Å². The number of hydrogen-bond donors (Lipinski definition) is 0. The Bertz CT molecular complexity index is 1190. The lowest BCUT2D eigenvalue weighted by atomic mass is 10.1. The zero-order chi connectivity index (χ0) is 19.8. The van der Waals surface area contributed by atoms with Gasteiger partial charge in [-0.05, 0) is 60.0 Å². The van der Waals surface area contributed by atoms with Crippen LogP contribution in [0, 0.1) is 0 Å². The van der Waals surface area contributed by atoms with Crippen LogP contribution in [0.1, 0.15) is 35.1 Å². The number of rotatable bonds is 3. The number of halogens is 1. The highest BCUT2D eigenvalue weighted by Crippen LogP contribution is 2.33. The lowest BCUT2D eigenvalue weighted by Crippen LogP contribution is -2.30. The molecule has 1 atom stereocenters. The van der Waals surface area contributed by atoms with E-state index in [1.807, 2.05) is 59.5 Å². The number of benzene rings is 3. The number of amides is 1. The summed E-state index contributed by atoms with van der Waals surface area (Å²) in [7, 11) is 0. The molecule has 0 aliphatic carbocycles. The number of fused-ring (bicyclic) bond motifs is 1. The van der Waals surface area contributed by atoms with Crippen molar-refractivity contribution in [2.75, 3.05) is 6.54 Å².